The van der Waals surface area contributed by atoms with E-state index in [1.807, 2.05) is 12.1 Å². The second-order valence-corrected chi connectivity index (χ2v) is 8.43. The van der Waals surface area contributed by atoms with E-state index in [1.54, 1.807) is 0 Å². The van der Waals surface area contributed by atoms with E-state index >= 15 is 0 Å². The number of benzene rings is 1. The normalized spacial score (nSPS) is 37.7. The average Bonchev–Trinajstić information content (AvgIpc) is 2.83. The summed E-state index contributed by atoms with van der Waals surface area (Å²) in [6.45, 7) is 2.44. The van der Waals surface area contributed by atoms with Gasteiger partial charge in [0.25, 0.3) is 0 Å². The zero-order valence-corrected chi connectivity index (χ0v) is 14.5. The molecule has 0 bridgehead atoms. The number of rotatable bonds is 3. The first-order valence-corrected chi connectivity index (χ1v) is 9.50. The Labute approximate surface area is 144 Å². The highest BCUT2D eigenvalue weighted by molar-refractivity contribution is 5.87. The first kappa shape index (κ1) is 16.1. The smallest absolute Gasteiger partial charge is 0.139 e. The lowest BCUT2D eigenvalue weighted by atomic mass is 9.54. The molecule has 1 unspecified atom stereocenters. The van der Waals surface area contributed by atoms with Gasteiger partial charge >= 0.3 is 0 Å². The van der Waals surface area contributed by atoms with Gasteiger partial charge in [-0.2, -0.15) is 0 Å². The maximum atomic E-state index is 12.8. The summed E-state index contributed by atoms with van der Waals surface area (Å²) in [4.78, 5) is 12.8. The van der Waals surface area contributed by atoms with Gasteiger partial charge in [0, 0.05) is 18.4 Å². The number of phenols is 1. The Morgan fingerprint density at radius 2 is 2.12 bits per heavy atom. The third kappa shape index (κ3) is 2.32. The van der Waals surface area contributed by atoms with Crippen LogP contribution < -0.4 is 0 Å². The van der Waals surface area contributed by atoms with Crippen molar-refractivity contribution < 1.29 is 15.0 Å². The van der Waals surface area contributed by atoms with E-state index in [0.717, 1.165) is 38.5 Å². The van der Waals surface area contributed by atoms with Gasteiger partial charge in [-0.1, -0.05) is 13.0 Å². The van der Waals surface area contributed by atoms with Crippen LogP contribution in [0.5, 0.6) is 5.75 Å². The number of aromatic hydroxyl groups is 1. The molecule has 0 radical (unpaired) electrons. The maximum absolute atomic E-state index is 12.8. The molecular weight excluding hydrogens is 300 g/mol. The highest BCUT2D eigenvalue weighted by Crippen LogP contribution is 2.62. The van der Waals surface area contributed by atoms with Crippen LogP contribution >= 0.6 is 0 Å². The summed E-state index contributed by atoms with van der Waals surface area (Å²) in [7, 11) is 0. The summed E-state index contributed by atoms with van der Waals surface area (Å²) in [6, 6.07) is 5.87. The number of Topliss-reactive ketones (excluding diaryl/α,β-unsaturated/α-hetero) is 1. The predicted molar refractivity (Wildman–Crippen MR) is 92.9 cm³/mol. The van der Waals surface area contributed by atoms with E-state index in [0.29, 0.717) is 41.6 Å². The minimum Gasteiger partial charge on any atom is -0.508 e. The third-order valence-electron chi connectivity index (χ3n) is 7.29. The van der Waals surface area contributed by atoms with Gasteiger partial charge in [-0.05, 0) is 85.5 Å². The van der Waals surface area contributed by atoms with Crippen LogP contribution in [-0.2, 0) is 11.2 Å². The molecule has 3 nitrogen and oxygen atoms in total. The largest absolute Gasteiger partial charge is 0.508 e. The van der Waals surface area contributed by atoms with Crippen molar-refractivity contribution in [2.45, 2.75) is 57.8 Å². The molecule has 2 N–H and O–H groups in total. The number of carbonyl (C=O) groups is 1. The number of hydrogen-bond donors (Lipinski definition) is 2. The fraction of sp³-hybridized carbons (Fsp3) is 0.667. The molecule has 2 saturated carbocycles. The fourth-order valence-corrected chi connectivity index (χ4v) is 6.25. The quantitative estimate of drug-likeness (QED) is 0.887. The Hall–Kier alpha value is -1.35. The molecule has 3 heteroatoms. The molecule has 0 aromatic heterocycles. The monoisotopic (exact) mass is 328 g/mol. The molecule has 1 aromatic carbocycles. The van der Waals surface area contributed by atoms with Crippen LogP contribution in [0.4, 0.5) is 0 Å². The zero-order valence-electron chi connectivity index (χ0n) is 14.5. The fourth-order valence-electron chi connectivity index (χ4n) is 6.25. The minimum atomic E-state index is -0.143. The van der Waals surface area contributed by atoms with Gasteiger partial charge in [-0.25, -0.2) is 0 Å². The number of aryl methyl sites for hydroxylation is 1. The highest BCUT2D eigenvalue weighted by Gasteiger charge is 2.58. The summed E-state index contributed by atoms with van der Waals surface area (Å²) in [6.07, 6.45) is 6.73. The number of phenolic OH excluding ortho intramolecular Hbond substituents is 1. The Morgan fingerprint density at radius 1 is 1.29 bits per heavy atom. The number of aliphatic hydroxyl groups is 1. The van der Waals surface area contributed by atoms with E-state index in [2.05, 4.69) is 13.0 Å². The molecule has 0 aliphatic heterocycles. The van der Waals surface area contributed by atoms with Gasteiger partial charge in [-0.15, -0.1) is 0 Å². The maximum Gasteiger partial charge on any atom is 0.139 e. The van der Waals surface area contributed by atoms with E-state index in [4.69, 9.17) is 0 Å². The van der Waals surface area contributed by atoms with E-state index in [1.165, 1.54) is 11.1 Å². The summed E-state index contributed by atoms with van der Waals surface area (Å²) < 4.78 is 0. The first-order chi connectivity index (χ1) is 11.5. The van der Waals surface area contributed by atoms with Gasteiger partial charge in [0.05, 0.1) is 0 Å². The molecule has 3 aliphatic rings. The molecular formula is C21H28O3. The van der Waals surface area contributed by atoms with E-state index in [9.17, 15) is 15.0 Å². The molecule has 3 aliphatic carbocycles. The van der Waals surface area contributed by atoms with Gasteiger partial charge in [0.2, 0.25) is 0 Å². The summed E-state index contributed by atoms with van der Waals surface area (Å²) in [5, 5.41) is 19.0. The van der Waals surface area contributed by atoms with Gasteiger partial charge in [0.15, 0.2) is 0 Å². The van der Waals surface area contributed by atoms with Gasteiger partial charge in [0.1, 0.15) is 11.5 Å². The van der Waals surface area contributed by atoms with Crippen LogP contribution in [-0.4, -0.2) is 22.6 Å². The lowest BCUT2D eigenvalue weighted by Gasteiger charge is -2.50. The summed E-state index contributed by atoms with van der Waals surface area (Å²) in [5.41, 5.74) is 2.57. The molecule has 130 valence electrons. The summed E-state index contributed by atoms with van der Waals surface area (Å²) >= 11 is 0. The van der Waals surface area contributed by atoms with Crippen molar-refractivity contribution in [2.24, 2.45) is 23.2 Å². The molecule has 0 heterocycles. The third-order valence-corrected chi connectivity index (χ3v) is 7.29. The van der Waals surface area contributed by atoms with Crippen LogP contribution in [0, 0.1) is 23.2 Å². The van der Waals surface area contributed by atoms with Crippen LogP contribution in [0.25, 0.3) is 0 Å². The molecule has 24 heavy (non-hydrogen) atoms. The molecule has 5 atom stereocenters. The Kier molecular flexibility index (Phi) is 3.95. The first-order valence-electron chi connectivity index (χ1n) is 9.50. The summed E-state index contributed by atoms with van der Waals surface area (Å²) in [5.74, 6) is 2.86. The molecule has 1 aromatic rings. The minimum absolute atomic E-state index is 0.143. The second kappa shape index (κ2) is 5.87. The number of fused-ring (bicyclic) bond motifs is 5. The lowest BCUT2D eigenvalue weighted by Crippen LogP contribution is -2.44. The number of hydrogen-bond acceptors (Lipinski definition) is 3. The number of carbonyl (C=O) groups excluding carboxylic acids is 1. The Bertz CT molecular complexity index is 652. The van der Waals surface area contributed by atoms with Crippen molar-refractivity contribution in [2.75, 3.05) is 6.61 Å². The average molecular weight is 328 g/mol. The van der Waals surface area contributed by atoms with Crippen LogP contribution in [0.3, 0.4) is 0 Å². The standard InChI is InChI=1S/C21H28O3/c1-21-9-8-17-16-7-5-15(23)11-13(16)4-6-18(17)20(21)14(3-2-10-22)12-19(21)24/h5,7,11,14,17-18,20,22-23H,2-4,6,8-10,12H2,1H3/t14?,17-,18-,20+,21-/m1/s1. The van der Waals surface area contributed by atoms with Crippen LogP contribution in [0.2, 0.25) is 0 Å². The van der Waals surface area contributed by atoms with Crippen molar-refractivity contribution >= 4 is 5.78 Å². The Balaban J connectivity index is 1.68. The van der Waals surface area contributed by atoms with Crippen LogP contribution in [0.1, 0.15) is 62.5 Å². The lowest BCUT2D eigenvalue weighted by molar-refractivity contribution is -0.129. The van der Waals surface area contributed by atoms with Crippen LogP contribution in [0.15, 0.2) is 18.2 Å². The van der Waals surface area contributed by atoms with E-state index < -0.39 is 0 Å². The van der Waals surface area contributed by atoms with Gasteiger partial charge < -0.3 is 10.2 Å². The predicted octanol–water partition coefficient (Wildman–Crippen LogP) is 3.82. The van der Waals surface area contributed by atoms with Crippen molar-refractivity contribution in [3.05, 3.63) is 29.3 Å². The Morgan fingerprint density at radius 3 is 2.92 bits per heavy atom. The van der Waals surface area contributed by atoms with Gasteiger partial charge in [-0.3, -0.25) is 4.79 Å². The molecule has 4 rings (SSSR count). The topological polar surface area (TPSA) is 57.5 Å². The molecule has 2 fully saturated rings. The molecule has 0 saturated heterocycles. The zero-order chi connectivity index (χ0) is 16.9. The highest BCUT2D eigenvalue weighted by atomic mass is 16.3. The van der Waals surface area contributed by atoms with Crippen molar-refractivity contribution in [1.82, 2.24) is 0 Å². The molecule has 0 spiro atoms. The van der Waals surface area contributed by atoms with Crippen molar-refractivity contribution in [3.8, 4) is 5.75 Å². The van der Waals surface area contributed by atoms with Crippen molar-refractivity contribution in [3.63, 3.8) is 0 Å². The second-order valence-electron chi connectivity index (χ2n) is 8.43. The van der Waals surface area contributed by atoms with Crippen molar-refractivity contribution in [1.29, 1.82) is 0 Å². The number of aliphatic hydroxyl groups excluding tert-OH is 1. The SMILES string of the molecule is C[C@]12CC[C@@H]3c4ccc(O)cc4CC[C@H]3[C@@H]1C(CCCO)CC2=O. The number of ketones is 1. The van der Waals surface area contributed by atoms with E-state index in [-0.39, 0.29) is 12.0 Å². The molecule has 0 amide bonds.